The van der Waals surface area contributed by atoms with Crippen LogP contribution >= 0.6 is 0 Å². The van der Waals surface area contributed by atoms with Crippen LogP contribution in [0.15, 0.2) is 23.8 Å². The van der Waals surface area contributed by atoms with Gasteiger partial charge in [0, 0.05) is 20.0 Å². The number of hydrogen-bond acceptors (Lipinski definition) is 4. The van der Waals surface area contributed by atoms with Gasteiger partial charge in [0.1, 0.15) is 6.61 Å². The quantitative estimate of drug-likeness (QED) is 0.417. The molecule has 5 atom stereocenters. The number of ether oxygens (including phenoxy) is 1. The molecular weight excluding hydrogens is 354 g/mol. The van der Waals surface area contributed by atoms with Gasteiger partial charge in [-0.15, -0.1) is 0 Å². The van der Waals surface area contributed by atoms with E-state index in [0.717, 1.165) is 38.5 Å². The predicted molar refractivity (Wildman–Crippen MR) is 112 cm³/mol. The third-order valence-corrected chi connectivity index (χ3v) is 6.23. The summed E-state index contributed by atoms with van der Waals surface area (Å²) in [5.41, 5.74) is 0.725. The molecule has 0 heterocycles. The minimum atomic E-state index is -0.657. The van der Waals surface area contributed by atoms with Crippen molar-refractivity contribution in [2.75, 3.05) is 27.3 Å². The van der Waals surface area contributed by atoms with Crippen LogP contribution in [-0.4, -0.2) is 60.0 Å². The Hall–Kier alpha value is -1.17. The Morgan fingerprint density at radius 3 is 2.86 bits per heavy atom. The van der Waals surface area contributed by atoms with Crippen LogP contribution < -0.4 is 0 Å². The molecule has 0 aromatic carbocycles. The molecule has 160 valence electrons. The van der Waals surface area contributed by atoms with E-state index >= 15 is 0 Å². The number of aliphatic hydroxyl groups excluding tert-OH is 1. The van der Waals surface area contributed by atoms with Crippen molar-refractivity contribution >= 4 is 5.91 Å². The Morgan fingerprint density at radius 1 is 1.43 bits per heavy atom. The van der Waals surface area contributed by atoms with Crippen LogP contribution in [0.3, 0.4) is 0 Å². The van der Waals surface area contributed by atoms with Crippen LogP contribution in [0.5, 0.6) is 0 Å². The monoisotopic (exact) mass is 393 g/mol. The average molecular weight is 394 g/mol. The lowest BCUT2D eigenvalue weighted by atomic mass is 9.88. The molecule has 1 amide bonds. The van der Waals surface area contributed by atoms with Crippen molar-refractivity contribution in [1.82, 2.24) is 4.90 Å². The number of carbonyl (C=O) groups excluding carboxylic acids is 1. The average Bonchev–Trinajstić information content (AvgIpc) is 3.14. The highest BCUT2D eigenvalue weighted by Crippen LogP contribution is 2.48. The summed E-state index contributed by atoms with van der Waals surface area (Å²) in [6.07, 6.45) is 12.5. The van der Waals surface area contributed by atoms with Crippen LogP contribution in [0.25, 0.3) is 0 Å². The van der Waals surface area contributed by atoms with Gasteiger partial charge in [-0.2, -0.15) is 0 Å². The minimum Gasteiger partial charge on any atom is -0.392 e. The number of rotatable bonds is 11. The number of nitrogens with zero attached hydrogens (tertiary/aromatic N) is 1. The second-order valence-corrected chi connectivity index (χ2v) is 9.06. The molecule has 28 heavy (non-hydrogen) atoms. The number of amides is 1. The summed E-state index contributed by atoms with van der Waals surface area (Å²) in [6, 6.07) is 0. The van der Waals surface area contributed by atoms with Crippen molar-refractivity contribution in [3.63, 3.8) is 0 Å². The molecule has 0 aliphatic heterocycles. The number of carbonyl (C=O) groups is 1. The number of unbranched alkanes of at least 4 members (excludes halogenated alkanes) is 1. The maximum absolute atomic E-state index is 11.5. The summed E-state index contributed by atoms with van der Waals surface area (Å²) in [5, 5.41) is 20.9. The van der Waals surface area contributed by atoms with Crippen LogP contribution in [0.4, 0.5) is 0 Å². The first kappa shape index (κ1) is 23.1. The molecule has 0 aromatic heterocycles. The molecule has 0 spiro atoms. The molecule has 2 aliphatic rings. The molecule has 0 saturated heterocycles. The smallest absolute Gasteiger partial charge is 0.248 e. The second-order valence-electron chi connectivity index (χ2n) is 9.06. The van der Waals surface area contributed by atoms with Crippen LogP contribution in [0.1, 0.15) is 58.8 Å². The van der Waals surface area contributed by atoms with E-state index in [4.69, 9.17) is 4.74 Å². The van der Waals surface area contributed by atoms with Crippen LogP contribution in [0, 0.1) is 17.8 Å². The summed E-state index contributed by atoms with van der Waals surface area (Å²) < 4.78 is 5.50. The summed E-state index contributed by atoms with van der Waals surface area (Å²) in [4.78, 5) is 13.1. The fraction of sp³-hybridized carbons (Fsp3) is 0.783. The lowest BCUT2D eigenvalue weighted by Gasteiger charge is -2.22. The maximum atomic E-state index is 11.5. The molecule has 2 aliphatic carbocycles. The van der Waals surface area contributed by atoms with E-state index < -0.39 is 5.60 Å². The molecule has 2 rings (SSSR count). The molecular formula is C23H39NO4. The third kappa shape index (κ3) is 6.71. The SMILES string of the molecule is CCCC[C@](C)(O)CC=C[C@@H]1[C@H]2CC(CCOCC(=O)N(C)C)=C[C@H]2C[C@H]1O. The van der Waals surface area contributed by atoms with E-state index in [1.165, 1.54) is 10.5 Å². The van der Waals surface area contributed by atoms with Gasteiger partial charge in [0.15, 0.2) is 0 Å². The maximum Gasteiger partial charge on any atom is 0.248 e. The van der Waals surface area contributed by atoms with E-state index in [1.807, 2.05) is 6.92 Å². The van der Waals surface area contributed by atoms with Gasteiger partial charge in [-0.3, -0.25) is 4.79 Å². The topological polar surface area (TPSA) is 70.0 Å². The largest absolute Gasteiger partial charge is 0.392 e. The summed E-state index contributed by atoms with van der Waals surface area (Å²) in [6.45, 7) is 4.73. The Bertz CT molecular complexity index is 567. The second kappa shape index (κ2) is 10.6. The molecule has 5 nitrogen and oxygen atoms in total. The number of hydrogen-bond donors (Lipinski definition) is 2. The van der Waals surface area contributed by atoms with E-state index in [-0.39, 0.29) is 24.5 Å². The Kier molecular flexibility index (Phi) is 8.72. The first-order valence-corrected chi connectivity index (χ1v) is 10.8. The highest BCUT2D eigenvalue weighted by molar-refractivity contribution is 5.76. The van der Waals surface area contributed by atoms with Gasteiger partial charge < -0.3 is 19.8 Å². The standard InChI is InChI=1S/C23H39NO4/c1-5-6-10-23(2,27)11-7-8-19-20-14-17(13-18(20)15-21(19)25)9-12-28-16-22(26)24(3)4/h7-8,13,18-21,25,27H,5-6,9-12,14-16H2,1-4H3/t18-,19+,20-,21+,23-/m0/s1. The van der Waals surface area contributed by atoms with Gasteiger partial charge >= 0.3 is 0 Å². The van der Waals surface area contributed by atoms with Crippen LogP contribution in [-0.2, 0) is 9.53 Å². The van der Waals surface area contributed by atoms with Gasteiger partial charge in [0.25, 0.3) is 0 Å². The minimum absolute atomic E-state index is 0.0135. The predicted octanol–water partition coefficient (Wildman–Crippen LogP) is 3.31. The molecule has 5 heteroatoms. The molecule has 0 radical (unpaired) electrons. The van der Waals surface area contributed by atoms with Crippen molar-refractivity contribution in [3.8, 4) is 0 Å². The number of aliphatic hydroxyl groups is 2. The van der Waals surface area contributed by atoms with Crippen molar-refractivity contribution < 1.29 is 19.7 Å². The number of allylic oxidation sites excluding steroid dienone is 1. The Labute approximate surface area is 170 Å². The molecule has 0 aromatic rings. The van der Waals surface area contributed by atoms with Gasteiger partial charge in [-0.25, -0.2) is 0 Å². The zero-order valence-electron chi connectivity index (χ0n) is 18.1. The first-order valence-electron chi connectivity index (χ1n) is 10.8. The summed E-state index contributed by atoms with van der Waals surface area (Å²) >= 11 is 0. The van der Waals surface area contributed by atoms with E-state index in [0.29, 0.717) is 24.9 Å². The first-order chi connectivity index (χ1) is 13.2. The fourth-order valence-electron chi connectivity index (χ4n) is 4.42. The lowest BCUT2D eigenvalue weighted by molar-refractivity contribution is -0.133. The lowest BCUT2D eigenvalue weighted by Crippen LogP contribution is -2.26. The molecule has 1 fully saturated rings. The third-order valence-electron chi connectivity index (χ3n) is 6.23. The Balaban J connectivity index is 1.78. The molecule has 2 N–H and O–H groups in total. The van der Waals surface area contributed by atoms with Gasteiger partial charge in [-0.05, 0) is 50.9 Å². The highest BCUT2D eigenvalue weighted by atomic mass is 16.5. The van der Waals surface area contributed by atoms with Crippen molar-refractivity contribution in [2.24, 2.45) is 17.8 Å². The number of likely N-dealkylation sites (N-methyl/N-ethyl adjacent to an activating group) is 1. The molecule has 0 bridgehead atoms. The van der Waals surface area contributed by atoms with Gasteiger partial charge in [0.05, 0.1) is 18.3 Å². The normalized spacial score (nSPS) is 29.0. The molecule has 0 unspecified atom stereocenters. The van der Waals surface area contributed by atoms with E-state index in [2.05, 4.69) is 25.2 Å². The van der Waals surface area contributed by atoms with Gasteiger partial charge in [-0.1, -0.05) is 43.6 Å². The zero-order valence-corrected chi connectivity index (χ0v) is 18.1. The summed E-state index contributed by atoms with van der Waals surface area (Å²) in [7, 11) is 3.46. The zero-order chi connectivity index (χ0) is 20.7. The van der Waals surface area contributed by atoms with Crippen molar-refractivity contribution in [2.45, 2.75) is 70.5 Å². The number of fused-ring (bicyclic) bond motifs is 1. The highest BCUT2D eigenvalue weighted by Gasteiger charge is 2.43. The van der Waals surface area contributed by atoms with Crippen molar-refractivity contribution in [3.05, 3.63) is 23.8 Å². The van der Waals surface area contributed by atoms with Crippen LogP contribution in [0.2, 0.25) is 0 Å². The fourth-order valence-corrected chi connectivity index (χ4v) is 4.42. The van der Waals surface area contributed by atoms with E-state index in [1.54, 1.807) is 14.1 Å². The Morgan fingerprint density at radius 2 is 2.18 bits per heavy atom. The summed E-state index contributed by atoms with van der Waals surface area (Å²) in [5.74, 6) is 1.03. The van der Waals surface area contributed by atoms with Crippen molar-refractivity contribution in [1.29, 1.82) is 0 Å². The van der Waals surface area contributed by atoms with E-state index in [9.17, 15) is 15.0 Å². The molecule has 1 saturated carbocycles. The van der Waals surface area contributed by atoms with Gasteiger partial charge in [0.2, 0.25) is 5.91 Å².